The fourth-order valence-corrected chi connectivity index (χ4v) is 14.0. The van der Waals surface area contributed by atoms with E-state index in [0.29, 0.717) is 47.9 Å². The number of rotatable bonds is 8. The highest BCUT2D eigenvalue weighted by Gasteiger charge is 2.73. The van der Waals surface area contributed by atoms with Crippen molar-refractivity contribution in [2.24, 2.45) is 68.0 Å². The highest BCUT2D eigenvalue weighted by Crippen LogP contribution is 2.78. The zero-order valence-electron chi connectivity index (χ0n) is 30.1. The monoisotopic (exact) mass is 626 g/mol. The van der Waals surface area contributed by atoms with Gasteiger partial charge < -0.3 is 4.74 Å². The Morgan fingerprint density at radius 2 is 1.54 bits per heavy atom. The van der Waals surface area contributed by atoms with Gasteiger partial charge in [0.1, 0.15) is 12.4 Å². The topological polar surface area (TPSA) is 43.4 Å². The predicted molar refractivity (Wildman–Crippen MR) is 188 cm³/mol. The van der Waals surface area contributed by atoms with Gasteiger partial charge in [-0.15, -0.1) is 13.2 Å². The molecule has 0 heterocycles. The lowest BCUT2D eigenvalue weighted by molar-refractivity contribution is -0.246. The van der Waals surface area contributed by atoms with Gasteiger partial charge in [0, 0.05) is 10.8 Å². The molecule has 0 amide bonds. The van der Waals surface area contributed by atoms with Crippen LogP contribution in [0.15, 0.2) is 55.6 Å². The molecule has 6 rings (SSSR count). The van der Waals surface area contributed by atoms with Crippen LogP contribution in [-0.4, -0.2) is 11.8 Å². The minimum absolute atomic E-state index is 0.0701. The van der Waals surface area contributed by atoms with E-state index in [9.17, 15) is 9.59 Å². The lowest BCUT2D eigenvalue weighted by Gasteiger charge is -2.73. The third-order valence-electron chi connectivity index (χ3n) is 16.0. The van der Waals surface area contributed by atoms with Gasteiger partial charge in [0.05, 0.1) is 5.41 Å². The van der Waals surface area contributed by atoms with E-state index >= 15 is 0 Å². The lowest BCUT2D eigenvalue weighted by Crippen LogP contribution is -2.68. The van der Waals surface area contributed by atoms with Crippen LogP contribution in [-0.2, 0) is 20.9 Å². The van der Waals surface area contributed by atoms with Crippen LogP contribution >= 0.6 is 0 Å². The molecule has 0 N–H and O–H groups in total. The van der Waals surface area contributed by atoms with E-state index in [1.165, 1.54) is 19.3 Å². The smallest absolute Gasteiger partial charge is 0.312 e. The summed E-state index contributed by atoms with van der Waals surface area (Å²) in [4.78, 5) is 28.8. The lowest BCUT2D eigenvalue weighted by atomic mass is 9.31. The summed E-state index contributed by atoms with van der Waals surface area (Å²) in [6, 6.07) is 10.2. The molecule has 1 aromatic carbocycles. The van der Waals surface area contributed by atoms with Gasteiger partial charge in [0.25, 0.3) is 0 Å². The molecule has 1 aromatic rings. The van der Waals surface area contributed by atoms with Crippen molar-refractivity contribution < 1.29 is 14.3 Å². The fraction of sp³-hybridized carbons (Fsp3) is 0.721. The number of hydrogen-bond donors (Lipinski definition) is 0. The SMILES string of the molecule is C=CCC1(CC=C)C[C@]2(C)[C@H]3CC[C@@H]4[C@H]5[C@H](C(C)C)CC[C@]5(C(=O)OCc5ccccc5)CC[C@@]4(C)[C@]3(C)CC[C@H]2C(C)(C)C1=O. The Morgan fingerprint density at radius 1 is 0.870 bits per heavy atom. The van der Waals surface area contributed by atoms with Gasteiger partial charge in [0.2, 0.25) is 0 Å². The first-order valence-corrected chi connectivity index (χ1v) is 18.6. The Hall–Kier alpha value is -2.16. The van der Waals surface area contributed by atoms with E-state index in [2.05, 4.69) is 73.8 Å². The summed E-state index contributed by atoms with van der Waals surface area (Å²) in [5, 5.41) is 0. The third-order valence-corrected chi connectivity index (χ3v) is 16.0. The Morgan fingerprint density at radius 3 is 2.17 bits per heavy atom. The number of allylic oxidation sites excluding steroid dienone is 2. The second kappa shape index (κ2) is 11.5. The Labute approximate surface area is 280 Å². The summed E-state index contributed by atoms with van der Waals surface area (Å²) in [5.41, 5.74) is 0.319. The van der Waals surface area contributed by atoms with Crippen molar-refractivity contribution in [1.82, 2.24) is 0 Å². The molecular formula is C43H62O3. The van der Waals surface area contributed by atoms with Crippen molar-refractivity contribution in [3.8, 4) is 0 Å². The number of fused-ring (bicyclic) bond motifs is 7. The van der Waals surface area contributed by atoms with Crippen LogP contribution < -0.4 is 0 Å². The Bertz CT molecular complexity index is 1350. The van der Waals surface area contributed by atoms with Gasteiger partial charge >= 0.3 is 5.97 Å². The number of carbonyl (C=O) groups excluding carboxylic acids is 2. The summed E-state index contributed by atoms with van der Waals surface area (Å²) in [5.74, 6) is 3.46. The first kappa shape index (κ1) is 33.7. The predicted octanol–water partition coefficient (Wildman–Crippen LogP) is 10.8. The second-order valence-corrected chi connectivity index (χ2v) is 18.4. The van der Waals surface area contributed by atoms with Crippen LogP contribution in [0.25, 0.3) is 0 Å². The Balaban J connectivity index is 1.37. The average Bonchev–Trinajstić information content (AvgIpc) is 3.41. The molecule has 9 atom stereocenters. The molecule has 0 aliphatic heterocycles. The molecule has 5 saturated carbocycles. The van der Waals surface area contributed by atoms with Gasteiger partial charge in [-0.1, -0.05) is 91.0 Å². The molecular weight excluding hydrogens is 564 g/mol. The van der Waals surface area contributed by atoms with Crippen molar-refractivity contribution in [3.05, 3.63) is 61.2 Å². The molecule has 5 fully saturated rings. The molecule has 0 bridgehead atoms. The van der Waals surface area contributed by atoms with Crippen LogP contribution in [0.2, 0.25) is 0 Å². The van der Waals surface area contributed by atoms with E-state index < -0.39 is 5.41 Å². The van der Waals surface area contributed by atoms with E-state index in [0.717, 1.165) is 56.9 Å². The third kappa shape index (κ3) is 4.55. The Kier molecular flexibility index (Phi) is 8.41. The number of Topliss-reactive ketones (excluding diaryl/α,β-unsaturated/α-hetero) is 1. The molecule has 0 unspecified atom stereocenters. The number of esters is 1. The summed E-state index contributed by atoms with van der Waals surface area (Å²) in [7, 11) is 0. The molecule has 5 aliphatic carbocycles. The minimum Gasteiger partial charge on any atom is -0.460 e. The average molecular weight is 627 g/mol. The fourth-order valence-electron chi connectivity index (χ4n) is 14.0. The van der Waals surface area contributed by atoms with Gasteiger partial charge in [-0.2, -0.15) is 0 Å². The number of ketones is 1. The van der Waals surface area contributed by atoms with Crippen molar-refractivity contribution >= 4 is 11.8 Å². The van der Waals surface area contributed by atoms with Gasteiger partial charge in [-0.25, -0.2) is 0 Å². The standard InChI is InChI=1S/C43H62O3/c1-10-21-42(22-11-2)28-39(7)33(38(5,6)36(42)44)20-23-41(9)34(39)18-17-32-35-31(29(3)4)19-24-43(35,26-25-40(32,41)8)37(45)46-27-30-15-13-12-14-16-30/h10-16,29,31-35H,1-2,17-28H2,3-9H3/t31-,32+,33-,34+,35+,39-,40+,41+,43-/m0/s1. The molecule has 5 aliphatic rings. The summed E-state index contributed by atoms with van der Waals surface area (Å²) in [6.45, 7) is 25.8. The molecule has 3 nitrogen and oxygen atoms in total. The van der Waals surface area contributed by atoms with Gasteiger partial charge in [0.15, 0.2) is 0 Å². The normalized spacial score (nSPS) is 42.3. The van der Waals surface area contributed by atoms with E-state index in [4.69, 9.17) is 4.74 Å². The molecule has 0 spiro atoms. The first-order valence-electron chi connectivity index (χ1n) is 18.6. The highest BCUT2D eigenvalue weighted by molar-refractivity contribution is 5.91. The van der Waals surface area contributed by atoms with Gasteiger partial charge in [-0.05, 0) is 128 Å². The first-order chi connectivity index (χ1) is 21.7. The molecule has 46 heavy (non-hydrogen) atoms. The van der Waals surface area contributed by atoms with Crippen molar-refractivity contribution in [2.75, 3.05) is 0 Å². The maximum atomic E-state index is 14.4. The maximum absolute atomic E-state index is 14.4. The van der Waals surface area contributed by atoms with Crippen LogP contribution in [0.4, 0.5) is 0 Å². The highest BCUT2D eigenvalue weighted by atomic mass is 16.5. The number of carbonyl (C=O) groups is 2. The molecule has 3 heteroatoms. The minimum atomic E-state index is -0.410. The van der Waals surface area contributed by atoms with Crippen molar-refractivity contribution in [1.29, 1.82) is 0 Å². The summed E-state index contributed by atoms with van der Waals surface area (Å²) < 4.78 is 6.25. The molecule has 252 valence electrons. The van der Waals surface area contributed by atoms with E-state index in [1.807, 2.05) is 30.4 Å². The molecule has 0 saturated heterocycles. The van der Waals surface area contributed by atoms with E-state index in [1.54, 1.807) is 0 Å². The van der Waals surface area contributed by atoms with Crippen molar-refractivity contribution in [2.45, 2.75) is 126 Å². The molecule has 0 aromatic heterocycles. The van der Waals surface area contributed by atoms with Crippen LogP contribution in [0.1, 0.15) is 125 Å². The molecule has 0 radical (unpaired) electrons. The van der Waals surface area contributed by atoms with Crippen molar-refractivity contribution in [3.63, 3.8) is 0 Å². The zero-order valence-corrected chi connectivity index (χ0v) is 30.1. The number of hydrogen-bond acceptors (Lipinski definition) is 3. The van der Waals surface area contributed by atoms with Crippen LogP contribution in [0.5, 0.6) is 0 Å². The van der Waals surface area contributed by atoms with E-state index in [-0.39, 0.29) is 33.0 Å². The van der Waals surface area contributed by atoms with Crippen LogP contribution in [0.3, 0.4) is 0 Å². The van der Waals surface area contributed by atoms with Gasteiger partial charge in [-0.3, -0.25) is 9.59 Å². The zero-order chi connectivity index (χ0) is 33.3. The van der Waals surface area contributed by atoms with Crippen LogP contribution in [0, 0.1) is 68.0 Å². The quantitative estimate of drug-likeness (QED) is 0.213. The number of benzene rings is 1. The second-order valence-electron chi connectivity index (χ2n) is 18.4. The number of ether oxygens (including phenoxy) is 1. The largest absolute Gasteiger partial charge is 0.460 e. The maximum Gasteiger partial charge on any atom is 0.312 e. The summed E-state index contributed by atoms with van der Waals surface area (Å²) >= 11 is 0. The summed E-state index contributed by atoms with van der Waals surface area (Å²) in [6.07, 6.45) is 15.2.